The number of benzene rings is 1. The van der Waals surface area contributed by atoms with Gasteiger partial charge in [-0.3, -0.25) is 4.79 Å². The van der Waals surface area contributed by atoms with Crippen LogP contribution >= 0.6 is 11.6 Å². The lowest BCUT2D eigenvalue weighted by atomic mass is 9.66. The maximum absolute atomic E-state index is 13.0. The van der Waals surface area contributed by atoms with E-state index in [4.69, 9.17) is 11.6 Å². The molecule has 0 heterocycles. The lowest BCUT2D eigenvalue weighted by Crippen LogP contribution is -2.39. The summed E-state index contributed by atoms with van der Waals surface area (Å²) in [5, 5.41) is 0.770. The molecule has 0 aromatic heterocycles. The van der Waals surface area contributed by atoms with Crippen molar-refractivity contribution in [2.75, 3.05) is 0 Å². The second kappa shape index (κ2) is 4.87. The Hall–Kier alpha value is -0.820. The average Bonchev–Trinajstić information content (AvgIpc) is 3.14. The van der Waals surface area contributed by atoms with Gasteiger partial charge in [0.2, 0.25) is 0 Å². The summed E-state index contributed by atoms with van der Waals surface area (Å²) in [5.41, 5.74) is 1.22. The van der Waals surface area contributed by atoms with E-state index in [0.29, 0.717) is 23.5 Å². The highest BCUT2D eigenvalue weighted by Gasteiger charge is 2.65. The molecule has 2 aliphatic rings. The zero-order valence-electron chi connectivity index (χ0n) is 12.5. The molecule has 0 amide bonds. The molecule has 0 N–H and O–H groups in total. The topological polar surface area (TPSA) is 17.1 Å². The third-order valence-electron chi connectivity index (χ3n) is 5.67. The molecule has 0 saturated heterocycles. The Bertz CT molecular complexity index is 519. The van der Waals surface area contributed by atoms with E-state index in [9.17, 15) is 4.79 Å². The zero-order chi connectivity index (χ0) is 14.5. The summed E-state index contributed by atoms with van der Waals surface area (Å²) in [6.07, 6.45) is 3.31. The number of ketones is 1. The first kappa shape index (κ1) is 14.1. The summed E-state index contributed by atoms with van der Waals surface area (Å²) in [4.78, 5) is 13.0. The number of rotatable bonds is 2. The van der Waals surface area contributed by atoms with Crippen molar-refractivity contribution in [1.82, 2.24) is 0 Å². The molecule has 108 valence electrons. The predicted octanol–water partition coefficient (Wildman–Crippen LogP) is 5.08. The summed E-state index contributed by atoms with van der Waals surface area (Å²) in [6, 6.07) is 8.09. The standard InChI is InChI=1S/C18H23ClO/c1-11(2)15-9-4-12(3)18(17(15)20)10-16(18)13-5-7-14(19)8-6-13/h5-8,11-12,15-16H,4,9-10H2,1-3H3/t12-,15-,16-,18-/m0/s1. The molecule has 1 aromatic rings. The fourth-order valence-electron chi connectivity index (χ4n) is 4.25. The molecular weight excluding hydrogens is 268 g/mol. The van der Waals surface area contributed by atoms with E-state index >= 15 is 0 Å². The Morgan fingerprint density at radius 1 is 1.20 bits per heavy atom. The fourth-order valence-corrected chi connectivity index (χ4v) is 4.37. The van der Waals surface area contributed by atoms with Gasteiger partial charge in [0.1, 0.15) is 5.78 Å². The molecule has 0 unspecified atom stereocenters. The summed E-state index contributed by atoms with van der Waals surface area (Å²) >= 11 is 5.97. The van der Waals surface area contributed by atoms with Crippen molar-refractivity contribution in [3.63, 3.8) is 0 Å². The van der Waals surface area contributed by atoms with E-state index in [0.717, 1.165) is 17.9 Å². The van der Waals surface area contributed by atoms with Crippen molar-refractivity contribution in [2.24, 2.45) is 23.2 Å². The minimum Gasteiger partial charge on any atom is -0.299 e. The van der Waals surface area contributed by atoms with Crippen LogP contribution in [0.25, 0.3) is 0 Å². The van der Waals surface area contributed by atoms with Crippen LogP contribution in [0, 0.1) is 23.2 Å². The number of hydrogen-bond acceptors (Lipinski definition) is 1. The average molecular weight is 291 g/mol. The maximum atomic E-state index is 13.0. The Balaban J connectivity index is 1.88. The van der Waals surface area contributed by atoms with Gasteiger partial charge >= 0.3 is 0 Å². The number of hydrogen-bond donors (Lipinski definition) is 0. The van der Waals surface area contributed by atoms with Crippen molar-refractivity contribution < 1.29 is 4.79 Å². The van der Waals surface area contributed by atoms with Crippen LogP contribution in [0.2, 0.25) is 5.02 Å². The van der Waals surface area contributed by atoms with Gasteiger partial charge in [0.15, 0.2) is 0 Å². The number of carbonyl (C=O) groups is 1. The third-order valence-corrected chi connectivity index (χ3v) is 5.92. The Kier molecular flexibility index (Phi) is 3.44. The van der Waals surface area contributed by atoms with Gasteiger partial charge in [0, 0.05) is 16.4 Å². The highest BCUT2D eigenvalue weighted by molar-refractivity contribution is 6.30. The molecule has 0 aliphatic heterocycles. The Labute approximate surface area is 126 Å². The molecule has 1 aromatic carbocycles. The highest BCUT2D eigenvalue weighted by atomic mass is 35.5. The van der Waals surface area contributed by atoms with Gasteiger partial charge in [-0.1, -0.05) is 44.5 Å². The molecule has 2 fully saturated rings. The second-order valence-corrected chi connectivity index (χ2v) is 7.48. The molecule has 4 atom stereocenters. The van der Waals surface area contributed by atoms with Crippen molar-refractivity contribution in [2.45, 2.75) is 46.0 Å². The number of halogens is 1. The van der Waals surface area contributed by atoms with Crippen LogP contribution in [-0.2, 0) is 4.79 Å². The van der Waals surface area contributed by atoms with Crippen LogP contribution in [0.4, 0.5) is 0 Å². The SMILES string of the molecule is CC(C)[C@@H]1CC[C@H](C)[C@]2(C[C@H]2c2ccc(Cl)cc2)C1=O. The van der Waals surface area contributed by atoms with Gasteiger partial charge in [-0.25, -0.2) is 0 Å². The summed E-state index contributed by atoms with van der Waals surface area (Å²) in [5.74, 6) is 2.21. The smallest absolute Gasteiger partial charge is 0.143 e. The van der Waals surface area contributed by atoms with Gasteiger partial charge in [0.05, 0.1) is 0 Å². The summed E-state index contributed by atoms with van der Waals surface area (Å²) in [6.45, 7) is 6.64. The first-order valence-corrected chi connectivity index (χ1v) is 8.14. The minimum absolute atomic E-state index is 0.0684. The molecule has 2 aliphatic carbocycles. The largest absolute Gasteiger partial charge is 0.299 e. The van der Waals surface area contributed by atoms with E-state index in [-0.39, 0.29) is 11.3 Å². The van der Waals surface area contributed by atoms with Crippen LogP contribution in [0.5, 0.6) is 0 Å². The van der Waals surface area contributed by atoms with Crippen LogP contribution in [0.15, 0.2) is 24.3 Å². The monoisotopic (exact) mass is 290 g/mol. The molecular formula is C18H23ClO. The first-order valence-electron chi connectivity index (χ1n) is 7.76. The summed E-state index contributed by atoms with van der Waals surface area (Å²) in [7, 11) is 0. The summed E-state index contributed by atoms with van der Waals surface area (Å²) < 4.78 is 0. The fraction of sp³-hybridized carbons (Fsp3) is 0.611. The van der Waals surface area contributed by atoms with Crippen molar-refractivity contribution >= 4 is 17.4 Å². The molecule has 0 radical (unpaired) electrons. The Morgan fingerprint density at radius 3 is 2.45 bits per heavy atom. The first-order chi connectivity index (χ1) is 9.46. The number of carbonyl (C=O) groups excluding carboxylic acids is 1. The lowest BCUT2D eigenvalue weighted by Gasteiger charge is -2.36. The van der Waals surface area contributed by atoms with Gasteiger partial charge in [0.25, 0.3) is 0 Å². The van der Waals surface area contributed by atoms with Crippen LogP contribution < -0.4 is 0 Å². The van der Waals surface area contributed by atoms with Gasteiger partial charge in [-0.15, -0.1) is 0 Å². The van der Waals surface area contributed by atoms with E-state index < -0.39 is 0 Å². The van der Waals surface area contributed by atoms with Gasteiger partial charge in [-0.05, 0) is 54.7 Å². The molecule has 0 bridgehead atoms. The van der Waals surface area contributed by atoms with E-state index in [2.05, 4.69) is 32.9 Å². The molecule has 2 saturated carbocycles. The molecule has 20 heavy (non-hydrogen) atoms. The predicted molar refractivity (Wildman–Crippen MR) is 83.0 cm³/mol. The third kappa shape index (κ3) is 2.02. The molecule has 2 heteroatoms. The van der Waals surface area contributed by atoms with E-state index in [1.165, 1.54) is 12.0 Å². The maximum Gasteiger partial charge on any atom is 0.143 e. The van der Waals surface area contributed by atoms with Crippen LogP contribution in [0.3, 0.4) is 0 Å². The Morgan fingerprint density at radius 2 is 1.85 bits per heavy atom. The molecule has 3 rings (SSSR count). The lowest BCUT2D eigenvalue weighted by molar-refractivity contribution is -0.135. The second-order valence-electron chi connectivity index (χ2n) is 7.04. The number of Topliss-reactive ketones (excluding diaryl/α,β-unsaturated/α-hetero) is 1. The van der Waals surface area contributed by atoms with E-state index in [1.54, 1.807) is 0 Å². The van der Waals surface area contributed by atoms with Gasteiger partial charge < -0.3 is 0 Å². The quantitative estimate of drug-likeness (QED) is 0.742. The van der Waals surface area contributed by atoms with Crippen molar-refractivity contribution in [3.05, 3.63) is 34.9 Å². The molecule has 1 spiro atoms. The van der Waals surface area contributed by atoms with Crippen LogP contribution in [-0.4, -0.2) is 5.78 Å². The van der Waals surface area contributed by atoms with Gasteiger partial charge in [-0.2, -0.15) is 0 Å². The zero-order valence-corrected chi connectivity index (χ0v) is 13.3. The van der Waals surface area contributed by atoms with Crippen molar-refractivity contribution in [1.29, 1.82) is 0 Å². The van der Waals surface area contributed by atoms with Crippen LogP contribution in [0.1, 0.15) is 51.5 Å². The normalized spacial score (nSPS) is 36.6. The highest BCUT2D eigenvalue weighted by Crippen LogP contribution is 2.68. The molecule has 1 nitrogen and oxygen atoms in total. The van der Waals surface area contributed by atoms with E-state index in [1.807, 2.05) is 12.1 Å². The van der Waals surface area contributed by atoms with Crippen molar-refractivity contribution in [3.8, 4) is 0 Å². The minimum atomic E-state index is -0.0684.